The smallest absolute Gasteiger partial charge is 0.339 e. The first-order valence-corrected chi connectivity index (χ1v) is 11.4. The molecule has 0 aliphatic heterocycles. The third kappa shape index (κ3) is 5.79. The third-order valence-corrected chi connectivity index (χ3v) is 6.91. The number of nitro benzene ring substituents is 1. The number of aryl methyl sites for hydroxylation is 1. The van der Waals surface area contributed by atoms with Crippen LogP contribution in [0.1, 0.15) is 55.1 Å². The lowest BCUT2D eigenvalue weighted by Crippen LogP contribution is -2.42. The Morgan fingerprint density at radius 1 is 1.33 bits per heavy atom. The fraction of sp³-hybridized carbons (Fsp3) is 0.450. The summed E-state index contributed by atoms with van der Waals surface area (Å²) in [4.78, 5) is 40.4. The van der Waals surface area contributed by atoms with Crippen molar-refractivity contribution in [2.45, 2.75) is 67.3 Å². The maximum Gasteiger partial charge on any atom is 0.339 e. The molecule has 8 nitrogen and oxygen atoms in total. The highest BCUT2D eigenvalue weighted by Crippen LogP contribution is 2.37. The van der Waals surface area contributed by atoms with Gasteiger partial charge in [-0.1, -0.05) is 31.0 Å². The van der Waals surface area contributed by atoms with Crippen LogP contribution in [0.15, 0.2) is 32.8 Å². The number of benzene rings is 1. The van der Waals surface area contributed by atoms with Gasteiger partial charge in [0.15, 0.2) is 10.4 Å². The van der Waals surface area contributed by atoms with E-state index in [4.69, 9.17) is 4.74 Å². The first-order chi connectivity index (χ1) is 14.3. The van der Waals surface area contributed by atoms with Gasteiger partial charge in [-0.25, -0.2) is 9.78 Å². The van der Waals surface area contributed by atoms with Crippen LogP contribution in [0.4, 0.5) is 5.69 Å². The van der Waals surface area contributed by atoms with Crippen molar-refractivity contribution in [1.29, 1.82) is 0 Å². The van der Waals surface area contributed by atoms with Crippen LogP contribution in [-0.4, -0.2) is 33.9 Å². The number of nitrogens with one attached hydrogen (secondary N) is 1. The Morgan fingerprint density at radius 2 is 2.07 bits per heavy atom. The van der Waals surface area contributed by atoms with Crippen molar-refractivity contribution in [2.75, 3.05) is 0 Å². The van der Waals surface area contributed by atoms with E-state index in [9.17, 15) is 19.7 Å². The largest absolute Gasteiger partial charge is 0.449 e. The Labute approximate surface area is 182 Å². The number of nitrogens with zero attached hydrogens (tertiary/aromatic N) is 2. The number of aromatic nitrogens is 1. The summed E-state index contributed by atoms with van der Waals surface area (Å²) in [5, 5.41) is 16.3. The predicted molar refractivity (Wildman–Crippen MR) is 114 cm³/mol. The topological polar surface area (TPSA) is 111 Å². The normalized spacial score (nSPS) is 15.4. The summed E-state index contributed by atoms with van der Waals surface area (Å²) in [6.07, 6.45) is 4.20. The number of amides is 1. The van der Waals surface area contributed by atoms with E-state index in [-0.39, 0.29) is 23.2 Å². The Hall–Kier alpha value is -2.46. The van der Waals surface area contributed by atoms with Crippen LogP contribution in [0.5, 0.6) is 0 Å². The van der Waals surface area contributed by atoms with Gasteiger partial charge in [-0.15, -0.1) is 11.3 Å². The number of thiazole rings is 1. The summed E-state index contributed by atoms with van der Waals surface area (Å²) in [5.41, 5.74) is 0.658. The van der Waals surface area contributed by atoms with Gasteiger partial charge in [-0.2, -0.15) is 0 Å². The van der Waals surface area contributed by atoms with Crippen LogP contribution in [0.25, 0.3) is 0 Å². The number of carbonyl (C=O) groups excluding carboxylic acids is 2. The molecule has 160 valence electrons. The lowest BCUT2D eigenvalue weighted by atomic mass is 9.95. The quantitative estimate of drug-likeness (QED) is 0.376. The van der Waals surface area contributed by atoms with E-state index in [1.807, 2.05) is 12.3 Å². The lowest BCUT2D eigenvalue weighted by molar-refractivity contribution is -0.387. The zero-order valence-corrected chi connectivity index (χ0v) is 18.4. The minimum absolute atomic E-state index is 0.0266. The van der Waals surface area contributed by atoms with E-state index in [0.29, 0.717) is 9.24 Å². The molecular formula is C20H23N3O5S2. The summed E-state index contributed by atoms with van der Waals surface area (Å²) in [6, 6.07) is 4.25. The summed E-state index contributed by atoms with van der Waals surface area (Å²) < 4.78 is 5.92. The van der Waals surface area contributed by atoms with E-state index < -0.39 is 17.0 Å². The molecule has 1 unspecified atom stereocenters. The van der Waals surface area contributed by atoms with E-state index in [2.05, 4.69) is 10.3 Å². The molecular weight excluding hydrogens is 426 g/mol. The van der Waals surface area contributed by atoms with Gasteiger partial charge in [-0.3, -0.25) is 14.9 Å². The zero-order valence-electron chi connectivity index (χ0n) is 16.8. The molecule has 1 aromatic carbocycles. The minimum Gasteiger partial charge on any atom is -0.449 e. The second-order valence-electron chi connectivity index (χ2n) is 7.19. The second-order valence-corrected chi connectivity index (χ2v) is 9.33. The van der Waals surface area contributed by atoms with Gasteiger partial charge in [0.05, 0.1) is 15.4 Å². The molecule has 30 heavy (non-hydrogen) atoms. The number of hydrogen-bond donors (Lipinski definition) is 1. The number of nitro groups is 1. The fourth-order valence-electron chi connectivity index (χ4n) is 3.19. The lowest BCUT2D eigenvalue weighted by Gasteiger charge is -2.24. The standard InChI is InChI=1S/C20H23N3O5S2/c1-12-11-29-20(21-12)30-17-9-8-14(10-16(17)23(26)27)19(25)28-13(2)18(24)22-15-6-4-3-5-7-15/h8-11,13,15H,3-7H2,1-2H3,(H,22,24). The van der Waals surface area contributed by atoms with E-state index in [1.165, 1.54) is 54.6 Å². The van der Waals surface area contributed by atoms with Crippen molar-refractivity contribution in [3.8, 4) is 0 Å². The minimum atomic E-state index is -0.981. The number of rotatable bonds is 7. The summed E-state index contributed by atoms with van der Waals surface area (Å²) in [6.45, 7) is 3.35. The first-order valence-electron chi connectivity index (χ1n) is 9.73. The summed E-state index contributed by atoms with van der Waals surface area (Å²) >= 11 is 2.57. The number of esters is 1. The van der Waals surface area contributed by atoms with Gasteiger partial charge in [0.1, 0.15) is 0 Å². The average Bonchev–Trinajstić information content (AvgIpc) is 3.13. The second kappa shape index (κ2) is 10.0. The maximum absolute atomic E-state index is 12.5. The van der Waals surface area contributed by atoms with Crippen LogP contribution >= 0.6 is 23.1 Å². The molecule has 2 aromatic rings. The molecule has 0 saturated heterocycles. The molecule has 0 radical (unpaired) electrons. The van der Waals surface area contributed by atoms with E-state index in [0.717, 1.165) is 31.4 Å². The van der Waals surface area contributed by atoms with Gasteiger partial charge < -0.3 is 10.1 Å². The molecule has 1 heterocycles. The maximum atomic E-state index is 12.5. The van der Waals surface area contributed by atoms with Gasteiger partial charge >= 0.3 is 5.97 Å². The van der Waals surface area contributed by atoms with Crippen LogP contribution < -0.4 is 5.32 Å². The molecule has 1 atom stereocenters. The number of hydrogen-bond acceptors (Lipinski definition) is 8. The molecule has 0 bridgehead atoms. The molecule has 1 aliphatic carbocycles. The molecule has 1 N–H and O–H groups in total. The van der Waals surface area contributed by atoms with Crippen LogP contribution in [-0.2, 0) is 9.53 Å². The molecule has 1 amide bonds. The van der Waals surface area contributed by atoms with Crippen molar-refractivity contribution in [2.24, 2.45) is 0 Å². The monoisotopic (exact) mass is 449 g/mol. The van der Waals surface area contributed by atoms with Crippen molar-refractivity contribution in [1.82, 2.24) is 10.3 Å². The molecule has 3 rings (SSSR count). The van der Waals surface area contributed by atoms with Crippen molar-refractivity contribution in [3.63, 3.8) is 0 Å². The van der Waals surface area contributed by atoms with E-state index >= 15 is 0 Å². The highest BCUT2D eigenvalue weighted by Gasteiger charge is 2.25. The van der Waals surface area contributed by atoms with Crippen LogP contribution in [0, 0.1) is 17.0 Å². The number of ether oxygens (including phenoxy) is 1. The summed E-state index contributed by atoms with van der Waals surface area (Å²) in [5.74, 6) is -1.12. The fourth-order valence-corrected chi connectivity index (χ4v) is 5.07. The van der Waals surface area contributed by atoms with Crippen molar-refractivity contribution >= 4 is 40.7 Å². The molecule has 1 aliphatic rings. The molecule has 1 saturated carbocycles. The van der Waals surface area contributed by atoms with Gasteiger partial charge in [0, 0.05) is 23.2 Å². The Balaban J connectivity index is 1.66. The SMILES string of the molecule is Cc1csc(Sc2ccc(C(=O)OC(C)C(=O)NC3CCCCC3)cc2[N+](=O)[O-])n1. The van der Waals surface area contributed by atoms with Gasteiger partial charge in [-0.05, 0) is 38.8 Å². The van der Waals surface area contributed by atoms with E-state index in [1.54, 1.807) is 0 Å². The first kappa shape index (κ1) is 22.2. The Morgan fingerprint density at radius 3 is 2.70 bits per heavy atom. The Kier molecular flexibility index (Phi) is 7.43. The molecule has 0 spiro atoms. The van der Waals surface area contributed by atoms with Crippen LogP contribution in [0.3, 0.4) is 0 Å². The molecule has 1 aromatic heterocycles. The molecule has 10 heteroatoms. The van der Waals surface area contributed by atoms with Crippen LogP contribution in [0.2, 0.25) is 0 Å². The number of carbonyl (C=O) groups is 2. The highest BCUT2D eigenvalue weighted by atomic mass is 32.2. The van der Waals surface area contributed by atoms with Crippen molar-refractivity contribution in [3.05, 3.63) is 45.0 Å². The predicted octanol–water partition coefficient (Wildman–Crippen LogP) is 4.51. The highest BCUT2D eigenvalue weighted by molar-refractivity contribution is 8.01. The van der Waals surface area contributed by atoms with Gasteiger partial charge in [0.2, 0.25) is 0 Å². The molecule has 1 fully saturated rings. The third-order valence-electron chi connectivity index (χ3n) is 4.79. The van der Waals surface area contributed by atoms with Crippen molar-refractivity contribution < 1.29 is 19.2 Å². The summed E-state index contributed by atoms with van der Waals surface area (Å²) in [7, 11) is 0. The average molecular weight is 450 g/mol. The van der Waals surface area contributed by atoms with Gasteiger partial charge in [0.25, 0.3) is 11.6 Å². The zero-order chi connectivity index (χ0) is 21.7. The Bertz CT molecular complexity index is 940.